The lowest BCUT2D eigenvalue weighted by Gasteiger charge is -2.53. The third-order valence-electron chi connectivity index (χ3n) is 9.58. The quantitative estimate of drug-likeness (QED) is 0.455. The van der Waals surface area contributed by atoms with E-state index in [9.17, 15) is 4.79 Å². The van der Waals surface area contributed by atoms with Gasteiger partial charge in [-0.3, -0.25) is 19.6 Å². The maximum Gasteiger partial charge on any atom is 0.254 e. The van der Waals surface area contributed by atoms with Crippen molar-refractivity contribution in [1.29, 1.82) is 0 Å². The minimum Gasteiger partial charge on any atom is -0.376 e. The molecule has 2 aromatic carbocycles. The number of hydrogen-bond acceptors (Lipinski definition) is 5. The van der Waals surface area contributed by atoms with Crippen LogP contribution >= 0.6 is 0 Å². The first-order valence-corrected chi connectivity index (χ1v) is 14.7. The average Bonchev–Trinajstić information content (AvgIpc) is 3.29. The molecule has 6 rings (SSSR count). The lowest BCUT2D eigenvalue weighted by Crippen LogP contribution is -2.62. The number of fused-ring (bicyclic) bond motifs is 2. The van der Waals surface area contributed by atoms with Crippen molar-refractivity contribution in [2.45, 2.75) is 70.7 Å². The molecule has 3 atom stereocenters. The summed E-state index contributed by atoms with van der Waals surface area (Å²) < 4.78 is 6.30. The normalized spacial score (nSPS) is 25.6. The predicted molar refractivity (Wildman–Crippen MR) is 156 cm³/mol. The summed E-state index contributed by atoms with van der Waals surface area (Å²) in [5.74, 6) is 0.130. The van der Waals surface area contributed by atoms with E-state index in [0.29, 0.717) is 12.1 Å². The molecular weight excluding hydrogens is 484 g/mol. The highest BCUT2D eigenvalue weighted by Crippen LogP contribution is 2.41. The van der Waals surface area contributed by atoms with Crippen molar-refractivity contribution in [2.24, 2.45) is 0 Å². The van der Waals surface area contributed by atoms with E-state index >= 15 is 0 Å². The van der Waals surface area contributed by atoms with Gasteiger partial charge in [0.1, 0.15) is 0 Å². The monoisotopic (exact) mass is 526 g/mol. The first kappa shape index (κ1) is 26.4. The van der Waals surface area contributed by atoms with Crippen molar-refractivity contribution in [3.63, 3.8) is 0 Å². The molecule has 1 aromatic heterocycles. The van der Waals surface area contributed by atoms with E-state index in [-0.39, 0.29) is 17.6 Å². The van der Waals surface area contributed by atoms with E-state index in [4.69, 9.17) is 4.74 Å². The third-order valence-corrected chi connectivity index (χ3v) is 9.58. The lowest BCUT2D eigenvalue weighted by molar-refractivity contribution is -0.0630. The number of para-hydroxylation sites is 1. The summed E-state index contributed by atoms with van der Waals surface area (Å²) in [4.78, 5) is 25.4. The smallest absolute Gasteiger partial charge is 0.254 e. The summed E-state index contributed by atoms with van der Waals surface area (Å²) in [5, 5.41) is 0.942. The zero-order chi connectivity index (χ0) is 27.1. The molecule has 6 nitrogen and oxygen atoms in total. The molecule has 0 radical (unpaired) electrons. The fourth-order valence-corrected chi connectivity index (χ4v) is 7.32. The van der Waals surface area contributed by atoms with Gasteiger partial charge in [0.05, 0.1) is 23.2 Å². The van der Waals surface area contributed by atoms with Gasteiger partial charge in [-0.05, 0) is 63.8 Å². The van der Waals surface area contributed by atoms with Crippen LogP contribution in [0.3, 0.4) is 0 Å². The molecule has 1 aliphatic carbocycles. The molecule has 2 aliphatic heterocycles. The molecule has 3 aliphatic rings. The minimum absolute atomic E-state index is 0.113. The maximum absolute atomic E-state index is 13.5. The topological polar surface area (TPSA) is 48.9 Å². The molecule has 0 bridgehead atoms. The van der Waals surface area contributed by atoms with Gasteiger partial charge in [-0.1, -0.05) is 42.0 Å². The van der Waals surface area contributed by atoms with Crippen LogP contribution in [0.5, 0.6) is 0 Å². The molecule has 2 saturated heterocycles. The van der Waals surface area contributed by atoms with Crippen LogP contribution < -0.4 is 0 Å². The van der Waals surface area contributed by atoms with Gasteiger partial charge in [0.25, 0.3) is 5.91 Å². The van der Waals surface area contributed by atoms with Crippen LogP contribution in [-0.2, 0) is 11.2 Å². The van der Waals surface area contributed by atoms with Gasteiger partial charge >= 0.3 is 0 Å². The number of piperazine rings is 1. The molecule has 0 saturated carbocycles. The zero-order valence-corrected chi connectivity index (χ0v) is 23.9. The van der Waals surface area contributed by atoms with Gasteiger partial charge in [0.15, 0.2) is 0 Å². The van der Waals surface area contributed by atoms with E-state index in [0.717, 1.165) is 75.1 Å². The van der Waals surface area contributed by atoms with E-state index in [1.165, 1.54) is 16.7 Å². The molecule has 0 unspecified atom stereocenters. The summed E-state index contributed by atoms with van der Waals surface area (Å²) in [6.07, 6.45) is 5.00. The van der Waals surface area contributed by atoms with Gasteiger partial charge < -0.3 is 9.64 Å². The van der Waals surface area contributed by atoms with Crippen LogP contribution in [0.25, 0.3) is 10.9 Å². The van der Waals surface area contributed by atoms with Crippen molar-refractivity contribution in [3.05, 3.63) is 77.0 Å². The first-order chi connectivity index (χ1) is 18.9. The van der Waals surface area contributed by atoms with Crippen LogP contribution in [0.1, 0.15) is 66.7 Å². The Labute approximate surface area is 232 Å². The van der Waals surface area contributed by atoms with Gasteiger partial charge in [0.2, 0.25) is 0 Å². The zero-order valence-electron chi connectivity index (χ0n) is 23.9. The number of carbonyl (C=O) groups excluding carboxylic acids is 1. The van der Waals surface area contributed by atoms with Crippen LogP contribution in [-0.4, -0.2) is 82.6 Å². The third kappa shape index (κ3) is 4.88. The Morgan fingerprint density at radius 1 is 1.08 bits per heavy atom. The van der Waals surface area contributed by atoms with Crippen molar-refractivity contribution in [1.82, 2.24) is 19.7 Å². The number of hydrogen-bond donors (Lipinski definition) is 0. The fourth-order valence-electron chi connectivity index (χ4n) is 7.32. The van der Waals surface area contributed by atoms with Gasteiger partial charge in [-0.25, -0.2) is 0 Å². The van der Waals surface area contributed by atoms with Crippen LogP contribution in [0.4, 0.5) is 0 Å². The van der Waals surface area contributed by atoms with Crippen molar-refractivity contribution >= 4 is 16.8 Å². The summed E-state index contributed by atoms with van der Waals surface area (Å²) >= 11 is 0. The molecular formula is C33H42N4O2. The van der Waals surface area contributed by atoms with Crippen LogP contribution in [0, 0.1) is 6.92 Å². The van der Waals surface area contributed by atoms with Gasteiger partial charge in [-0.2, -0.15) is 0 Å². The first-order valence-electron chi connectivity index (χ1n) is 14.7. The Morgan fingerprint density at radius 3 is 2.64 bits per heavy atom. The number of rotatable bonds is 5. The number of benzene rings is 2. The number of carbonyl (C=O) groups is 1. The molecule has 0 spiro atoms. The Balaban J connectivity index is 1.12. The van der Waals surface area contributed by atoms with Crippen LogP contribution in [0.2, 0.25) is 0 Å². The number of piperidine rings is 1. The van der Waals surface area contributed by atoms with Crippen molar-refractivity contribution < 1.29 is 9.53 Å². The summed E-state index contributed by atoms with van der Waals surface area (Å²) in [5.41, 5.74) is 6.00. The standard InChI is InChI=1S/C33H42N4O2/c1-5-39-30-21-25-20-23(2)10-11-26(25)31(30)37-19-18-36(22-24(37)3)33(4)13-16-35(17-14-33)32(38)28-12-15-34-29-9-7-6-8-27(28)29/h6-12,15,20,24,30-31H,5,13-14,16-19,21-22H2,1-4H3/t24-,30+,31+/m0/s1. The molecule has 6 heteroatoms. The Bertz CT molecular complexity index is 1340. The number of likely N-dealkylation sites (tertiary alicyclic amines) is 1. The highest BCUT2D eigenvalue weighted by Gasteiger charge is 2.44. The molecule has 0 N–H and O–H groups in total. The SMILES string of the molecule is CCO[C@@H]1Cc2cc(C)ccc2[C@H]1N1CCN(C2(C)CCN(C(=O)c3ccnc4ccccc34)CC2)C[C@@H]1C. The number of amides is 1. The maximum atomic E-state index is 13.5. The molecule has 1 amide bonds. The second-order valence-electron chi connectivity index (χ2n) is 12.0. The molecule has 3 aromatic rings. The van der Waals surface area contributed by atoms with Gasteiger partial charge in [0, 0.05) is 68.9 Å². The Morgan fingerprint density at radius 2 is 1.87 bits per heavy atom. The summed E-state index contributed by atoms with van der Waals surface area (Å²) in [6, 6.07) is 17.5. The van der Waals surface area contributed by atoms with Gasteiger partial charge in [-0.15, -0.1) is 0 Å². The fraction of sp³-hybridized carbons (Fsp3) is 0.515. The number of pyridine rings is 1. The largest absolute Gasteiger partial charge is 0.376 e. The minimum atomic E-state index is 0.113. The highest BCUT2D eigenvalue weighted by atomic mass is 16.5. The molecule has 39 heavy (non-hydrogen) atoms. The molecule has 2 fully saturated rings. The van der Waals surface area contributed by atoms with Crippen molar-refractivity contribution in [3.8, 4) is 0 Å². The number of aromatic nitrogens is 1. The molecule has 206 valence electrons. The number of ether oxygens (including phenoxy) is 1. The second-order valence-corrected chi connectivity index (χ2v) is 12.0. The van der Waals surface area contributed by atoms with Crippen LogP contribution in [0.15, 0.2) is 54.7 Å². The van der Waals surface area contributed by atoms with E-state index in [1.54, 1.807) is 6.20 Å². The van der Waals surface area contributed by atoms with Crippen molar-refractivity contribution in [2.75, 3.05) is 39.3 Å². The highest BCUT2D eigenvalue weighted by molar-refractivity contribution is 6.06. The second kappa shape index (κ2) is 10.6. The number of nitrogens with zero attached hydrogens (tertiary/aromatic N) is 4. The Hall–Kier alpha value is -2.80. The van der Waals surface area contributed by atoms with E-state index < -0.39 is 0 Å². The average molecular weight is 527 g/mol. The van der Waals surface area contributed by atoms with E-state index in [2.05, 4.69) is 60.7 Å². The number of aryl methyl sites for hydroxylation is 1. The predicted octanol–water partition coefficient (Wildman–Crippen LogP) is 5.25. The lowest BCUT2D eigenvalue weighted by atomic mass is 9.86. The summed E-state index contributed by atoms with van der Waals surface area (Å²) in [7, 11) is 0. The Kier molecular flexibility index (Phi) is 7.21. The molecule has 3 heterocycles. The summed E-state index contributed by atoms with van der Waals surface area (Å²) in [6.45, 7) is 14.6. The van der Waals surface area contributed by atoms with E-state index in [1.807, 2.05) is 35.2 Å².